The van der Waals surface area contributed by atoms with Gasteiger partial charge in [0.05, 0.1) is 20.4 Å². The van der Waals surface area contributed by atoms with Crippen molar-refractivity contribution in [3.63, 3.8) is 0 Å². The number of aryl methyl sites for hydroxylation is 1. The lowest BCUT2D eigenvalue weighted by Crippen LogP contribution is -1.98. The van der Waals surface area contributed by atoms with Gasteiger partial charge < -0.3 is 9.47 Å². The molecule has 0 aliphatic heterocycles. The van der Waals surface area contributed by atoms with E-state index in [2.05, 4.69) is 25.5 Å². The van der Waals surface area contributed by atoms with Gasteiger partial charge in [-0.3, -0.25) is 5.10 Å². The Balaban J connectivity index is 1.73. The van der Waals surface area contributed by atoms with Crippen LogP contribution in [0, 0.1) is 4.77 Å². The van der Waals surface area contributed by atoms with Crippen molar-refractivity contribution in [1.29, 1.82) is 0 Å². The number of ether oxygens (including phenoxy) is 2. The number of fused-ring (bicyclic) bond motifs is 1. The summed E-state index contributed by atoms with van der Waals surface area (Å²) >= 11 is 5.33. The number of hydrogen-bond acceptors (Lipinski definition) is 6. The number of aromatic amines is 2. The maximum Gasteiger partial charge on any atom is 0.216 e. The summed E-state index contributed by atoms with van der Waals surface area (Å²) < 4.78 is 12.6. The molecule has 26 heavy (non-hydrogen) atoms. The summed E-state index contributed by atoms with van der Waals surface area (Å²) in [6, 6.07) is 5.52. The van der Waals surface area contributed by atoms with Gasteiger partial charge in [-0.25, -0.2) is 5.10 Å². The first-order valence-corrected chi connectivity index (χ1v) is 8.62. The predicted molar refractivity (Wildman–Crippen MR) is 99.6 cm³/mol. The molecular formula is C17H18N6O2S. The summed E-state index contributed by atoms with van der Waals surface area (Å²) in [6.45, 7) is 0. The van der Waals surface area contributed by atoms with Crippen molar-refractivity contribution in [3.05, 3.63) is 39.8 Å². The molecule has 1 aliphatic rings. The standard InChI is InChI=1S/C17H18N6O2S/c1-24-11-7-6-10(14(8-11)25-2)9-18-23-16(21-22-17(23)26)15-12-4-3-5-13(12)19-20-15/h6-9H,3-5H2,1-2H3,(H,19,20)(H,22,26). The Kier molecular flexibility index (Phi) is 4.29. The van der Waals surface area contributed by atoms with Crippen molar-refractivity contribution in [1.82, 2.24) is 25.1 Å². The van der Waals surface area contributed by atoms with E-state index in [0.717, 1.165) is 30.5 Å². The van der Waals surface area contributed by atoms with Gasteiger partial charge in [-0.05, 0) is 43.6 Å². The minimum atomic E-state index is 0.401. The highest BCUT2D eigenvalue weighted by molar-refractivity contribution is 7.71. The minimum absolute atomic E-state index is 0.401. The molecule has 0 saturated carbocycles. The van der Waals surface area contributed by atoms with Gasteiger partial charge in [0, 0.05) is 22.9 Å². The first-order chi connectivity index (χ1) is 12.7. The summed E-state index contributed by atoms with van der Waals surface area (Å²) in [6.07, 6.45) is 4.80. The third kappa shape index (κ3) is 2.80. The summed E-state index contributed by atoms with van der Waals surface area (Å²) in [4.78, 5) is 0. The van der Waals surface area contributed by atoms with Crippen LogP contribution in [0.25, 0.3) is 11.5 Å². The summed E-state index contributed by atoms with van der Waals surface area (Å²) in [7, 11) is 3.22. The monoisotopic (exact) mass is 370 g/mol. The number of methoxy groups -OCH3 is 2. The largest absolute Gasteiger partial charge is 0.497 e. The van der Waals surface area contributed by atoms with E-state index in [0.29, 0.717) is 22.1 Å². The molecule has 0 saturated heterocycles. The van der Waals surface area contributed by atoms with Gasteiger partial charge in [0.25, 0.3) is 0 Å². The predicted octanol–water partition coefficient (Wildman–Crippen LogP) is 2.72. The Hall–Kier alpha value is -2.94. The maximum absolute atomic E-state index is 5.40. The zero-order chi connectivity index (χ0) is 18.1. The van der Waals surface area contributed by atoms with E-state index in [-0.39, 0.29) is 0 Å². The van der Waals surface area contributed by atoms with Crippen LogP contribution in [0.5, 0.6) is 11.5 Å². The van der Waals surface area contributed by atoms with Crippen molar-refractivity contribution in [3.8, 4) is 23.0 Å². The number of benzene rings is 1. The fraction of sp³-hybridized carbons (Fsp3) is 0.294. The van der Waals surface area contributed by atoms with Gasteiger partial charge in [0.1, 0.15) is 17.2 Å². The molecule has 1 aliphatic carbocycles. The molecule has 2 heterocycles. The highest BCUT2D eigenvalue weighted by atomic mass is 32.1. The van der Waals surface area contributed by atoms with Gasteiger partial charge >= 0.3 is 0 Å². The average Bonchev–Trinajstić information content (AvgIpc) is 3.36. The normalized spacial score (nSPS) is 13.3. The number of aromatic nitrogens is 5. The molecule has 2 N–H and O–H groups in total. The molecule has 0 spiro atoms. The average molecular weight is 370 g/mol. The number of nitrogens with one attached hydrogen (secondary N) is 2. The third-order valence-corrected chi connectivity index (χ3v) is 4.69. The van der Waals surface area contributed by atoms with Crippen molar-refractivity contribution in [2.24, 2.45) is 5.10 Å². The Labute approximate surface area is 154 Å². The SMILES string of the molecule is COc1ccc(C=Nn2c(-c3n[nH]c4c3CCC4)n[nH]c2=S)c(OC)c1. The molecule has 0 amide bonds. The van der Waals surface area contributed by atoms with Crippen LogP contribution in [0.4, 0.5) is 0 Å². The quantitative estimate of drug-likeness (QED) is 0.532. The smallest absolute Gasteiger partial charge is 0.216 e. The van der Waals surface area contributed by atoms with Gasteiger partial charge in [-0.15, -0.1) is 0 Å². The molecule has 0 radical (unpaired) electrons. The molecule has 1 aromatic carbocycles. The highest BCUT2D eigenvalue weighted by Gasteiger charge is 2.23. The van der Waals surface area contributed by atoms with E-state index in [1.165, 1.54) is 11.3 Å². The molecule has 0 unspecified atom stereocenters. The fourth-order valence-corrected chi connectivity index (χ4v) is 3.28. The molecule has 3 aromatic rings. The number of rotatable bonds is 5. The van der Waals surface area contributed by atoms with Crippen LogP contribution in [0.3, 0.4) is 0 Å². The van der Waals surface area contributed by atoms with Crippen LogP contribution in [0.1, 0.15) is 23.2 Å². The molecule has 134 valence electrons. The van der Waals surface area contributed by atoms with Gasteiger partial charge in [0.2, 0.25) is 10.6 Å². The maximum atomic E-state index is 5.40. The molecule has 2 aromatic heterocycles. The van der Waals surface area contributed by atoms with Gasteiger partial charge in [-0.1, -0.05) is 0 Å². The number of H-pyrrole nitrogens is 2. The van der Waals surface area contributed by atoms with E-state index in [9.17, 15) is 0 Å². The van der Waals surface area contributed by atoms with Crippen LogP contribution < -0.4 is 9.47 Å². The molecular weight excluding hydrogens is 352 g/mol. The highest BCUT2D eigenvalue weighted by Crippen LogP contribution is 2.29. The Bertz CT molecular complexity index is 1030. The van der Waals surface area contributed by atoms with Gasteiger partial charge in [0.15, 0.2) is 0 Å². The van der Waals surface area contributed by atoms with Crippen molar-refractivity contribution >= 4 is 18.4 Å². The van der Waals surface area contributed by atoms with Crippen molar-refractivity contribution in [2.45, 2.75) is 19.3 Å². The third-order valence-electron chi connectivity index (χ3n) is 4.42. The van der Waals surface area contributed by atoms with E-state index in [4.69, 9.17) is 21.7 Å². The molecule has 9 heteroatoms. The van der Waals surface area contributed by atoms with Crippen LogP contribution in [0.15, 0.2) is 23.3 Å². The lowest BCUT2D eigenvalue weighted by molar-refractivity contribution is 0.394. The molecule has 0 bridgehead atoms. The lowest BCUT2D eigenvalue weighted by Gasteiger charge is -2.07. The molecule has 4 rings (SSSR count). The van der Waals surface area contributed by atoms with Crippen LogP contribution in [-0.4, -0.2) is 45.5 Å². The van der Waals surface area contributed by atoms with E-state index < -0.39 is 0 Å². The van der Waals surface area contributed by atoms with Crippen LogP contribution in [-0.2, 0) is 12.8 Å². The summed E-state index contributed by atoms with van der Waals surface area (Å²) in [5.74, 6) is 1.97. The number of hydrogen-bond donors (Lipinski definition) is 2. The topological polar surface area (TPSA) is 93.1 Å². The Morgan fingerprint density at radius 1 is 1.19 bits per heavy atom. The van der Waals surface area contributed by atoms with Crippen molar-refractivity contribution in [2.75, 3.05) is 14.2 Å². The van der Waals surface area contributed by atoms with Crippen LogP contribution in [0.2, 0.25) is 0 Å². The summed E-state index contributed by atoms with van der Waals surface area (Å²) in [5.41, 5.74) is 3.96. The van der Waals surface area contributed by atoms with E-state index in [1.54, 1.807) is 31.2 Å². The van der Waals surface area contributed by atoms with E-state index in [1.807, 2.05) is 12.1 Å². The van der Waals surface area contributed by atoms with E-state index >= 15 is 0 Å². The Morgan fingerprint density at radius 3 is 2.88 bits per heavy atom. The molecule has 0 atom stereocenters. The number of nitrogens with zero attached hydrogens (tertiary/aromatic N) is 4. The second kappa shape index (κ2) is 6.75. The first-order valence-electron chi connectivity index (χ1n) is 8.21. The van der Waals surface area contributed by atoms with Crippen LogP contribution >= 0.6 is 12.2 Å². The minimum Gasteiger partial charge on any atom is -0.497 e. The zero-order valence-corrected chi connectivity index (χ0v) is 15.3. The lowest BCUT2D eigenvalue weighted by atomic mass is 10.2. The second-order valence-corrected chi connectivity index (χ2v) is 6.29. The fourth-order valence-electron chi connectivity index (χ4n) is 3.10. The molecule has 8 nitrogen and oxygen atoms in total. The first kappa shape index (κ1) is 16.5. The van der Waals surface area contributed by atoms with Gasteiger partial charge in [-0.2, -0.15) is 20.0 Å². The summed E-state index contributed by atoms with van der Waals surface area (Å²) in [5, 5.41) is 19.1. The molecule has 0 fully saturated rings. The Morgan fingerprint density at radius 2 is 2.08 bits per heavy atom. The zero-order valence-electron chi connectivity index (χ0n) is 14.4. The second-order valence-electron chi connectivity index (χ2n) is 5.90. The van der Waals surface area contributed by atoms with Crippen molar-refractivity contribution < 1.29 is 9.47 Å².